The van der Waals surface area contributed by atoms with Crippen LogP contribution in [0.25, 0.3) is 11.1 Å². The summed E-state index contributed by atoms with van der Waals surface area (Å²) < 4.78 is 0. The topological polar surface area (TPSA) is 66.4 Å². The van der Waals surface area contributed by atoms with Crippen molar-refractivity contribution in [3.05, 3.63) is 60.2 Å². The number of aliphatic carboxylic acids is 1. The van der Waals surface area contributed by atoms with Gasteiger partial charge in [-0.25, -0.2) is 4.79 Å². The van der Waals surface area contributed by atoms with E-state index >= 15 is 0 Å². The normalized spacial score (nSPS) is 12.0. The van der Waals surface area contributed by atoms with Crippen molar-refractivity contribution >= 4 is 11.9 Å². The molecular weight excluding hydrogens is 290 g/mol. The number of carboxylic acid groups (broad SMARTS) is 1. The number of carbonyl (C=O) groups excluding carboxylic acids is 1. The Bertz CT molecular complexity index is 663. The van der Waals surface area contributed by atoms with Crippen LogP contribution in [-0.4, -0.2) is 23.0 Å². The third-order valence-electron chi connectivity index (χ3n) is 3.56. The maximum Gasteiger partial charge on any atom is 0.326 e. The largest absolute Gasteiger partial charge is 0.480 e. The van der Waals surface area contributed by atoms with Gasteiger partial charge in [-0.1, -0.05) is 56.3 Å². The molecule has 0 saturated heterocycles. The molecule has 0 heterocycles. The average molecular weight is 311 g/mol. The SMILES string of the molecule is CC(C)C[C@@H](NC(=O)c1ccc(-c2ccccc2)cc1)C(=O)O. The van der Waals surface area contributed by atoms with Crippen molar-refractivity contribution in [2.45, 2.75) is 26.3 Å². The van der Waals surface area contributed by atoms with Crippen LogP contribution in [-0.2, 0) is 4.79 Å². The van der Waals surface area contributed by atoms with E-state index in [0.717, 1.165) is 11.1 Å². The van der Waals surface area contributed by atoms with E-state index < -0.39 is 12.0 Å². The quantitative estimate of drug-likeness (QED) is 0.857. The van der Waals surface area contributed by atoms with Gasteiger partial charge < -0.3 is 10.4 Å². The summed E-state index contributed by atoms with van der Waals surface area (Å²) in [6.45, 7) is 3.85. The van der Waals surface area contributed by atoms with Crippen LogP contribution in [0.4, 0.5) is 0 Å². The molecule has 2 aromatic carbocycles. The second kappa shape index (κ2) is 7.58. The van der Waals surface area contributed by atoms with Crippen molar-refractivity contribution in [2.24, 2.45) is 5.92 Å². The molecule has 120 valence electrons. The zero-order valence-corrected chi connectivity index (χ0v) is 13.3. The van der Waals surface area contributed by atoms with Crippen LogP contribution in [0.15, 0.2) is 54.6 Å². The van der Waals surface area contributed by atoms with Crippen molar-refractivity contribution in [3.8, 4) is 11.1 Å². The second-order valence-electron chi connectivity index (χ2n) is 5.94. The molecule has 4 nitrogen and oxygen atoms in total. The smallest absolute Gasteiger partial charge is 0.326 e. The maximum absolute atomic E-state index is 12.2. The minimum Gasteiger partial charge on any atom is -0.480 e. The Labute approximate surface area is 136 Å². The molecule has 2 rings (SSSR count). The van der Waals surface area contributed by atoms with Gasteiger partial charge >= 0.3 is 5.97 Å². The summed E-state index contributed by atoms with van der Waals surface area (Å²) in [7, 11) is 0. The third-order valence-corrected chi connectivity index (χ3v) is 3.56. The lowest BCUT2D eigenvalue weighted by molar-refractivity contribution is -0.139. The predicted octanol–water partition coefficient (Wildman–Crippen LogP) is 3.58. The number of carbonyl (C=O) groups is 2. The zero-order chi connectivity index (χ0) is 16.8. The molecule has 0 aromatic heterocycles. The molecule has 0 fully saturated rings. The van der Waals surface area contributed by atoms with E-state index in [1.165, 1.54) is 0 Å². The van der Waals surface area contributed by atoms with Crippen LogP contribution in [0.1, 0.15) is 30.6 Å². The van der Waals surface area contributed by atoms with Gasteiger partial charge in [-0.15, -0.1) is 0 Å². The zero-order valence-electron chi connectivity index (χ0n) is 13.3. The summed E-state index contributed by atoms with van der Waals surface area (Å²) in [5.41, 5.74) is 2.54. The second-order valence-corrected chi connectivity index (χ2v) is 5.94. The van der Waals surface area contributed by atoms with Crippen LogP contribution < -0.4 is 5.32 Å². The van der Waals surface area contributed by atoms with Gasteiger partial charge in [0.25, 0.3) is 5.91 Å². The number of hydrogen-bond donors (Lipinski definition) is 2. The summed E-state index contributed by atoms with van der Waals surface area (Å²) >= 11 is 0. The first-order chi connectivity index (χ1) is 11.0. The van der Waals surface area contributed by atoms with Crippen molar-refractivity contribution in [1.82, 2.24) is 5.32 Å². The van der Waals surface area contributed by atoms with Crippen molar-refractivity contribution in [2.75, 3.05) is 0 Å². The van der Waals surface area contributed by atoms with E-state index in [-0.39, 0.29) is 11.8 Å². The molecule has 0 saturated carbocycles. The van der Waals surface area contributed by atoms with Gasteiger partial charge in [0.15, 0.2) is 0 Å². The van der Waals surface area contributed by atoms with Crippen LogP contribution in [0, 0.1) is 5.92 Å². The molecule has 0 spiro atoms. The molecule has 23 heavy (non-hydrogen) atoms. The monoisotopic (exact) mass is 311 g/mol. The maximum atomic E-state index is 12.2. The van der Waals surface area contributed by atoms with Crippen molar-refractivity contribution in [3.63, 3.8) is 0 Å². The lowest BCUT2D eigenvalue weighted by Gasteiger charge is -2.16. The lowest BCUT2D eigenvalue weighted by Crippen LogP contribution is -2.41. The minimum absolute atomic E-state index is 0.192. The molecule has 1 amide bonds. The third kappa shape index (κ3) is 4.68. The summed E-state index contributed by atoms with van der Waals surface area (Å²) in [6.07, 6.45) is 0.406. The number of nitrogens with one attached hydrogen (secondary N) is 1. The molecule has 0 aliphatic rings. The van der Waals surface area contributed by atoms with E-state index in [0.29, 0.717) is 12.0 Å². The molecule has 0 aliphatic heterocycles. The Morgan fingerprint density at radius 1 is 0.957 bits per heavy atom. The number of hydrogen-bond acceptors (Lipinski definition) is 2. The number of rotatable bonds is 6. The molecule has 0 aliphatic carbocycles. The van der Waals surface area contributed by atoms with Gasteiger partial charge in [0, 0.05) is 5.56 Å². The van der Waals surface area contributed by atoms with Gasteiger partial charge in [-0.05, 0) is 35.6 Å². The van der Waals surface area contributed by atoms with E-state index in [9.17, 15) is 14.7 Å². The fourth-order valence-corrected chi connectivity index (χ4v) is 2.38. The van der Waals surface area contributed by atoms with E-state index in [1.54, 1.807) is 12.1 Å². The first kappa shape index (κ1) is 16.7. The Morgan fingerprint density at radius 2 is 1.52 bits per heavy atom. The van der Waals surface area contributed by atoms with Crippen LogP contribution in [0.5, 0.6) is 0 Å². The van der Waals surface area contributed by atoms with E-state index in [1.807, 2.05) is 56.3 Å². The predicted molar refractivity (Wildman–Crippen MR) is 90.2 cm³/mol. The van der Waals surface area contributed by atoms with Gasteiger partial charge in [-0.2, -0.15) is 0 Å². The van der Waals surface area contributed by atoms with E-state index in [2.05, 4.69) is 5.32 Å². The Morgan fingerprint density at radius 3 is 2.04 bits per heavy atom. The molecule has 1 atom stereocenters. The highest BCUT2D eigenvalue weighted by Gasteiger charge is 2.21. The first-order valence-electron chi connectivity index (χ1n) is 7.66. The fourth-order valence-electron chi connectivity index (χ4n) is 2.38. The molecule has 0 radical (unpaired) electrons. The van der Waals surface area contributed by atoms with Crippen LogP contribution >= 0.6 is 0 Å². The molecule has 0 bridgehead atoms. The molecule has 0 unspecified atom stereocenters. The average Bonchev–Trinajstić information content (AvgIpc) is 2.54. The fraction of sp³-hybridized carbons (Fsp3) is 0.263. The first-order valence-corrected chi connectivity index (χ1v) is 7.66. The van der Waals surface area contributed by atoms with Crippen LogP contribution in [0.2, 0.25) is 0 Å². The van der Waals surface area contributed by atoms with Gasteiger partial charge in [0.05, 0.1) is 0 Å². The highest BCUT2D eigenvalue weighted by atomic mass is 16.4. The molecule has 2 aromatic rings. The van der Waals surface area contributed by atoms with Gasteiger partial charge in [0.2, 0.25) is 0 Å². The Kier molecular flexibility index (Phi) is 5.52. The minimum atomic E-state index is -1.01. The Hall–Kier alpha value is -2.62. The summed E-state index contributed by atoms with van der Waals surface area (Å²) in [5.74, 6) is -1.18. The van der Waals surface area contributed by atoms with Gasteiger partial charge in [0.1, 0.15) is 6.04 Å². The van der Waals surface area contributed by atoms with E-state index in [4.69, 9.17) is 0 Å². The number of benzene rings is 2. The molecule has 4 heteroatoms. The molecular formula is C19H21NO3. The standard InChI is InChI=1S/C19H21NO3/c1-13(2)12-17(19(22)23)20-18(21)16-10-8-15(9-11-16)14-6-4-3-5-7-14/h3-11,13,17H,12H2,1-2H3,(H,20,21)(H,22,23)/t17-/m1/s1. The van der Waals surface area contributed by atoms with Crippen molar-refractivity contribution < 1.29 is 14.7 Å². The summed E-state index contributed by atoms with van der Waals surface area (Å²) in [5, 5.41) is 11.8. The van der Waals surface area contributed by atoms with Crippen molar-refractivity contribution in [1.29, 1.82) is 0 Å². The molecule has 2 N–H and O–H groups in total. The Balaban J connectivity index is 2.09. The summed E-state index contributed by atoms with van der Waals surface area (Å²) in [4.78, 5) is 23.4. The van der Waals surface area contributed by atoms with Crippen LogP contribution in [0.3, 0.4) is 0 Å². The lowest BCUT2D eigenvalue weighted by atomic mass is 10.0. The van der Waals surface area contributed by atoms with Gasteiger partial charge in [-0.3, -0.25) is 4.79 Å². The highest BCUT2D eigenvalue weighted by molar-refractivity contribution is 5.97. The highest BCUT2D eigenvalue weighted by Crippen LogP contribution is 2.19. The summed E-state index contributed by atoms with van der Waals surface area (Å²) in [6, 6.07) is 16.2. The number of amides is 1. The number of carboxylic acids is 1.